The number of nitrogens with zero attached hydrogens (tertiary/aromatic N) is 2. The van der Waals surface area contributed by atoms with Gasteiger partial charge in [0.15, 0.2) is 0 Å². The highest BCUT2D eigenvalue weighted by molar-refractivity contribution is 7.80. The monoisotopic (exact) mass is 337 g/mol. The molecular formula is C20H23N3S. The molecule has 0 aliphatic heterocycles. The number of aromatic nitrogens is 2. The fraction of sp³-hybridized carbons (Fsp3) is 0.300. The van der Waals surface area contributed by atoms with Gasteiger partial charge in [0.25, 0.3) is 0 Å². The Balaban J connectivity index is 2.16. The number of aryl methyl sites for hydroxylation is 1. The van der Waals surface area contributed by atoms with Crippen molar-refractivity contribution in [3.63, 3.8) is 0 Å². The number of nitrogens with two attached hydrogens (primary N) is 1. The number of thiocarbonyl (C=S) groups is 1. The molecule has 0 radical (unpaired) electrons. The Kier molecular flexibility index (Phi) is 4.18. The Bertz CT molecular complexity index is 899. The number of fused-ring (bicyclic) bond motifs is 1. The molecule has 0 saturated heterocycles. The number of hydrogen-bond acceptors (Lipinski definition) is 2. The normalized spacial score (nSPS) is 11.8. The maximum atomic E-state index is 5.83. The minimum Gasteiger partial charge on any atom is -0.393 e. The van der Waals surface area contributed by atoms with Crippen LogP contribution in [0, 0.1) is 6.92 Å². The highest BCUT2D eigenvalue weighted by Gasteiger charge is 2.17. The van der Waals surface area contributed by atoms with E-state index < -0.39 is 0 Å². The van der Waals surface area contributed by atoms with E-state index in [0.717, 1.165) is 22.6 Å². The Morgan fingerprint density at radius 2 is 1.79 bits per heavy atom. The summed E-state index contributed by atoms with van der Waals surface area (Å²) in [5.41, 5.74) is 12.5. The SMILES string of the molecule is Cc1ccc2nc(-c3ccc(C(C)(C)C)cc3)c(CC(N)=S)n2c1. The van der Waals surface area contributed by atoms with Gasteiger partial charge in [-0.3, -0.25) is 0 Å². The van der Waals surface area contributed by atoms with Crippen LogP contribution in [-0.2, 0) is 11.8 Å². The molecule has 3 nitrogen and oxygen atoms in total. The Hall–Kier alpha value is -2.20. The zero-order valence-corrected chi connectivity index (χ0v) is 15.4. The summed E-state index contributed by atoms with van der Waals surface area (Å²) in [4.78, 5) is 5.29. The third-order valence-electron chi connectivity index (χ3n) is 4.23. The summed E-state index contributed by atoms with van der Waals surface area (Å²) in [6.45, 7) is 8.72. The minimum absolute atomic E-state index is 0.135. The lowest BCUT2D eigenvalue weighted by molar-refractivity contribution is 0.590. The van der Waals surface area contributed by atoms with Crippen LogP contribution < -0.4 is 5.73 Å². The van der Waals surface area contributed by atoms with Gasteiger partial charge < -0.3 is 10.1 Å². The molecule has 0 aliphatic rings. The third-order valence-corrected chi connectivity index (χ3v) is 4.38. The summed E-state index contributed by atoms with van der Waals surface area (Å²) in [5.74, 6) is 0. The van der Waals surface area contributed by atoms with Gasteiger partial charge >= 0.3 is 0 Å². The smallest absolute Gasteiger partial charge is 0.137 e. The van der Waals surface area contributed by atoms with Crippen LogP contribution >= 0.6 is 12.2 Å². The van der Waals surface area contributed by atoms with E-state index in [2.05, 4.69) is 68.6 Å². The molecule has 2 N–H and O–H groups in total. The van der Waals surface area contributed by atoms with Crippen LogP contribution in [0.2, 0.25) is 0 Å². The number of imidazole rings is 1. The largest absolute Gasteiger partial charge is 0.393 e. The first-order chi connectivity index (χ1) is 11.3. The molecule has 0 unspecified atom stereocenters. The minimum atomic E-state index is 0.135. The van der Waals surface area contributed by atoms with E-state index in [0.29, 0.717) is 11.4 Å². The van der Waals surface area contributed by atoms with Crippen LogP contribution in [0.4, 0.5) is 0 Å². The summed E-state index contributed by atoms with van der Waals surface area (Å²) in [6, 6.07) is 12.7. The van der Waals surface area contributed by atoms with E-state index in [1.54, 1.807) is 0 Å². The molecule has 0 amide bonds. The van der Waals surface area contributed by atoms with E-state index in [4.69, 9.17) is 22.9 Å². The molecule has 4 heteroatoms. The summed E-state index contributed by atoms with van der Waals surface area (Å²) < 4.78 is 2.10. The summed E-state index contributed by atoms with van der Waals surface area (Å²) in [7, 11) is 0. The Labute approximate surface area is 148 Å². The molecule has 2 aromatic heterocycles. The second-order valence-electron chi connectivity index (χ2n) is 7.31. The van der Waals surface area contributed by atoms with E-state index in [1.165, 1.54) is 11.1 Å². The highest BCUT2D eigenvalue weighted by Crippen LogP contribution is 2.29. The van der Waals surface area contributed by atoms with Gasteiger partial charge in [0.2, 0.25) is 0 Å². The van der Waals surface area contributed by atoms with Crippen LogP contribution in [0.1, 0.15) is 37.6 Å². The quantitative estimate of drug-likeness (QED) is 0.719. The van der Waals surface area contributed by atoms with Crippen molar-refractivity contribution in [3.05, 3.63) is 59.4 Å². The summed E-state index contributed by atoms with van der Waals surface area (Å²) in [5, 5.41) is 0. The highest BCUT2D eigenvalue weighted by atomic mass is 32.1. The molecule has 3 aromatic rings. The number of benzene rings is 1. The molecule has 2 heterocycles. The number of rotatable bonds is 3. The average molecular weight is 337 g/mol. The molecule has 0 spiro atoms. The van der Waals surface area contributed by atoms with Crippen molar-refractivity contribution in [1.29, 1.82) is 0 Å². The summed E-state index contributed by atoms with van der Waals surface area (Å²) >= 11 is 5.16. The lowest BCUT2D eigenvalue weighted by Gasteiger charge is -2.19. The van der Waals surface area contributed by atoms with Gasteiger partial charge in [-0.2, -0.15) is 0 Å². The van der Waals surface area contributed by atoms with Crippen molar-refractivity contribution in [1.82, 2.24) is 9.38 Å². The number of hydrogen-bond donors (Lipinski definition) is 1. The molecule has 1 aromatic carbocycles. The first-order valence-corrected chi connectivity index (χ1v) is 8.53. The topological polar surface area (TPSA) is 43.3 Å². The van der Waals surface area contributed by atoms with Crippen LogP contribution in [-0.4, -0.2) is 14.4 Å². The van der Waals surface area contributed by atoms with Crippen molar-refractivity contribution in [2.24, 2.45) is 5.73 Å². The van der Waals surface area contributed by atoms with Crippen molar-refractivity contribution < 1.29 is 0 Å². The fourth-order valence-electron chi connectivity index (χ4n) is 2.89. The fourth-order valence-corrected chi connectivity index (χ4v) is 3.03. The molecule has 0 atom stereocenters. The van der Waals surface area contributed by atoms with Crippen molar-refractivity contribution in [3.8, 4) is 11.3 Å². The van der Waals surface area contributed by atoms with E-state index >= 15 is 0 Å². The predicted molar refractivity (Wildman–Crippen MR) is 105 cm³/mol. The first-order valence-electron chi connectivity index (χ1n) is 8.12. The zero-order valence-electron chi connectivity index (χ0n) is 14.6. The predicted octanol–water partition coefficient (Wildman–Crippen LogP) is 4.44. The molecule has 0 aliphatic carbocycles. The molecule has 124 valence electrons. The summed E-state index contributed by atoms with van der Waals surface area (Å²) in [6.07, 6.45) is 2.62. The van der Waals surface area contributed by atoms with Crippen molar-refractivity contribution >= 4 is 22.9 Å². The van der Waals surface area contributed by atoms with Crippen molar-refractivity contribution in [2.45, 2.75) is 39.5 Å². The molecule has 3 rings (SSSR count). The second kappa shape index (κ2) is 6.02. The van der Waals surface area contributed by atoms with E-state index in [-0.39, 0.29) is 5.41 Å². The van der Waals surface area contributed by atoms with Gasteiger partial charge in [-0.25, -0.2) is 4.98 Å². The standard InChI is InChI=1S/C20H23N3S/c1-13-5-10-18-22-19(16(11-17(21)24)23(18)12-13)14-6-8-15(9-7-14)20(2,3)4/h5-10,12H,11H2,1-4H3,(H2,21,24). The first kappa shape index (κ1) is 16.7. The molecular weight excluding hydrogens is 314 g/mol. The maximum absolute atomic E-state index is 5.83. The average Bonchev–Trinajstić information content (AvgIpc) is 2.84. The lowest BCUT2D eigenvalue weighted by atomic mass is 9.86. The van der Waals surface area contributed by atoms with Gasteiger partial charge in [0.05, 0.1) is 16.4 Å². The molecule has 0 bridgehead atoms. The van der Waals surface area contributed by atoms with Crippen LogP contribution in [0.5, 0.6) is 0 Å². The van der Waals surface area contributed by atoms with Crippen molar-refractivity contribution in [2.75, 3.05) is 0 Å². The van der Waals surface area contributed by atoms with Crippen LogP contribution in [0.25, 0.3) is 16.9 Å². The third kappa shape index (κ3) is 3.20. The van der Waals surface area contributed by atoms with Crippen LogP contribution in [0.15, 0.2) is 42.6 Å². The van der Waals surface area contributed by atoms with Gasteiger partial charge in [0.1, 0.15) is 5.65 Å². The molecule has 0 saturated carbocycles. The molecule has 24 heavy (non-hydrogen) atoms. The van der Waals surface area contributed by atoms with Gasteiger partial charge in [0, 0.05) is 18.2 Å². The van der Waals surface area contributed by atoms with Gasteiger partial charge in [-0.05, 0) is 29.5 Å². The maximum Gasteiger partial charge on any atom is 0.137 e. The van der Waals surface area contributed by atoms with Gasteiger partial charge in [-0.1, -0.05) is 63.3 Å². The van der Waals surface area contributed by atoms with E-state index in [1.807, 2.05) is 6.07 Å². The Morgan fingerprint density at radius 1 is 1.12 bits per heavy atom. The van der Waals surface area contributed by atoms with E-state index in [9.17, 15) is 0 Å². The van der Waals surface area contributed by atoms with Gasteiger partial charge in [-0.15, -0.1) is 0 Å². The Morgan fingerprint density at radius 3 is 2.38 bits per heavy atom. The van der Waals surface area contributed by atoms with Crippen LogP contribution in [0.3, 0.4) is 0 Å². The molecule has 0 fully saturated rings. The second-order valence-corrected chi connectivity index (χ2v) is 7.84. The lowest BCUT2D eigenvalue weighted by Crippen LogP contribution is -2.13. The number of pyridine rings is 1. The zero-order chi connectivity index (χ0) is 17.5.